The number of hydrogen-bond acceptors (Lipinski definition) is 3. The minimum absolute atomic E-state index is 0.640. The molecule has 2 heterocycles. The second-order valence-corrected chi connectivity index (χ2v) is 4.93. The van der Waals surface area contributed by atoms with Crippen LogP contribution >= 0.6 is 0 Å². The Morgan fingerprint density at radius 1 is 1.12 bits per heavy atom. The fourth-order valence-electron chi connectivity index (χ4n) is 2.82. The lowest BCUT2D eigenvalue weighted by molar-refractivity contribution is 0.656. The molecule has 0 saturated heterocycles. The zero-order chi connectivity index (χ0) is 10.8. The molecule has 0 spiro atoms. The molecule has 1 aromatic rings. The van der Waals surface area contributed by atoms with E-state index in [9.17, 15) is 0 Å². The van der Waals surface area contributed by atoms with E-state index < -0.39 is 0 Å². The lowest BCUT2D eigenvalue weighted by atomic mass is 10.1. The van der Waals surface area contributed by atoms with E-state index in [1.807, 2.05) is 0 Å². The first kappa shape index (κ1) is 10.2. The molecule has 1 aliphatic carbocycles. The van der Waals surface area contributed by atoms with Crippen molar-refractivity contribution in [2.75, 3.05) is 13.1 Å². The predicted octanol–water partition coefficient (Wildman–Crippen LogP) is 1.82. The Hall–Kier alpha value is -0.960. The molecule has 0 amide bonds. The van der Waals surface area contributed by atoms with Gasteiger partial charge in [-0.05, 0) is 31.4 Å². The number of nitrogens with one attached hydrogen (secondary N) is 1. The molecule has 0 unspecified atom stereocenters. The first-order chi connectivity index (χ1) is 7.93. The number of hydrogen-bond donors (Lipinski definition) is 1. The van der Waals surface area contributed by atoms with E-state index in [2.05, 4.69) is 16.5 Å². The van der Waals surface area contributed by atoms with Crippen molar-refractivity contribution < 1.29 is 0 Å². The molecule has 1 aromatic heterocycles. The second kappa shape index (κ2) is 4.50. The van der Waals surface area contributed by atoms with Crippen LogP contribution in [0.5, 0.6) is 0 Å². The molecule has 1 saturated carbocycles. The summed E-state index contributed by atoms with van der Waals surface area (Å²) in [5.41, 5.74) is 2.65. The van der Waals surface area contributed by atoms with Gasteiger partial charge in [0.25, 0.3) is 0 Å². The summed E-state index contributed by atoms with van der Waals surface area (Å²) in [5.74, 6) is 1.75. The molecule has 1 N–H and O–H groups in total. The molecule has 3 rings (SSSR count). The Morgan fingerprint density at radius 2 is 1.94 bits per heavy atom. The van der Waals surface area contributed by atoms with Gasteiger partial charge in [-0.25, -0.2) is 9.97 Å². The third kappa shape index (κ3) is 1.96. The summed E-state index contributed by atoms with van der Waals surface area (Å²) in [4.78, 5) is 9.38. The van der Waals surface area contributed by atoms with Gasteiger partial charge in [-0.2, -0.15) is 0 Å². The Morgan fingerprint density at radius 3 is 2.81 bits per heavy atom. The molecule has 0 radical (unpaired) electrons. The van der Waals surface area contributed by atoms with Gasteiger partial charge < -0.3 is 5.32 Å². The highest BCUT2D eigenvalue weighted by Crippen LogP contribution is 2.32. The topological polar surface area (TPSA) is 37.8 Å². The fraction of sp³-hybridized carbons (Fsp3) is 0.692. The number of aromatic nitrogens is 2. The maximum Gasteiger partial charge on any atom is 0.131 e. The third-order valence-electron chi connectivity index (χ3n) is 3.80. The maximum absolute atomic E-state index is 4.80. The fourth-order valence-corrected chi connectivity index (χ4v) is 2.82. The largest absolute Gasteiger partial charge is 0.316 e. The smallest absolute Gasteiger partial charge is 0.131 e. The first-order valence-electron chi connectivity index (χ1n) is 6.49. The Labute approximate surface area is 96.7 Å². The molecule has 86 valence electrons. The molecular formula is C13H19N3. The minimum atomic E-state index is 0.640. The zero-order valence-corrected chi connectivity index (χ0v) is 9.71. The quantitative estimate of drug-likeness (QED) is 0.779. The van der Waals surface area contributed by atoms with Crippen LogP contribution < -0.4 is 5.32 Å². The molecule has 0 atom stereocenters. The summed E-state index contributed by atoms with van der Waals surface area (Å²) in [5, 5.41) is 3.42. The van der Waals surface area contributed by atoms with Gasteiger partial charge in [0.2, 0.25) is 0 Å². The van der Waals surface area contributed by atoms with E-state index in [1.54, 1.807) is 0 Å². The van der Waals surface area contributed by atoms with E-state index in [1.165, 1.54) is 36.9 Å². The summed E-state index contributed by atoms with van der Waals surface area (Å²) in [6.07, 6.45) is 9.51. The van der Waals surface area contributed by atoms with Crippen LogP contribution in [0.1, 0.15) is 48.7 Å². The molecule has 1 aliphatic heterocycles. The number of fused-ring (bicyclic) bond motifs is 1. The SMILES string of the molecule is c1nc(C2CCCC2)nc2c1CCNCC2. The molecule has 3 heteroatoms. The van der Waals surface area contributed by atoms with Crippen LogP contribution in [0.2, 0.25) is 0 Å². The summed E-state index contributed by atoms with van der Waals surface area (Å²) in [6.45, 7) is 2.13. The lowest BCUT2D eigenvalue weighted by Crippen LogP contribution is -2.16. The Bertz CT molecular complexity index is 369. The monoisotopic (exact) mass is 217 g/mol. The van der Waals surface area contributed by atoms with Crippen molar-refractivity contribution in [3.63, 3.8) is 0 Å². The summed E-state index contributed by atoms with van der Waals surface area (Å²) < 4.78 is 0. The van der Waals surface area contributed by atoms with E-state index >= 15 is 0 Å². The van der Waals surface area contributed by atoms with Crippen molar-refractivity contribution >= 4 is 0 Å². The number of nitrogens with zero attached hydrogens (tertiary/aromatic N) is 2. The normalized spacial score (nSPS) is 21.8. The van der Waals surface area contributed by atoms with Gasteiger partial charge in [0.05, 0.1) is 0 Å². The van der Waals surface area contributed by atoms with E-state index in [0.29, 0.717) is 5.92 Å². The molecule has 0 bridgehead atoms. The zero-order valence-electron chi connectivity index (χ0n) is 9.71. The van der Waals surface area contributed by atoms with Crippen LogP contribution in [0.3, 0.4) is 0 Å². The van der Waals surface area contributed by atoms with Crippen molar-refractivity contribution in [3.8, 4) is 0 Å². The molecule has 3 nitrogen and oxygen atoms in total. The van der Waals surface area contributed by atoms with Gasteiger partial charge in [-0.1, -0.05) is 12.8 Å². The van der Waals surface area contributed by atoms with Crippen molar-refractivity contribution in [1.82, 2.24) is 15.3 Å². The van der Waals surface area contributed by atoms with Crippen molar-refractivity contribution in [2.45, 2.75) is 44.4 Å². The van der Waals surface area contributed by atoms with Crippen LogP contribution in [0.25, 0.3) is 0 Å². The number of rotatable bonds is 1. The van der Waals surface area contributed by atoms with Gasteiger partial charge in [-0.3, -0.25) is 0 Å². The van der Waals surface area contributed by atoms with E-state index in [4.69, 9.17) is 4.98 Å². The minimum Gasteiger partial charge on any atom is -0.316 e. The highest BCUT2D eigenvalue weighted by atomic mass is 14.9. The predicted molar refractivity (Wildman–Crippen MR) is 63.5 cm³/mol. The average Bonchev–Trinajstić information content (AvgIpc) is 2.74. The van der Waals surface area contributed by atoms with Crippen molar-refractivity contribution in [1.29, 1.82) is 0 Å². The van der Waals surface area contributed by atoms with Crippen molar-refractivity contribution in [2.24, 2.45) is 0 Å². The van der Waals surface area contributed by atoms with Crippen LogP contribution in [0, 0.1) is 0 Å². The second-order valence-electron chi connectivity index (χ2n) is 4.93. The van der Waals surface area contributed by atoms with Crippen molar-refractivity contribution in [3.05, 3.63) is 23.3 Å². The molecular weight excluding hydrogens is 198 g/mol. The third-order valence-corrected chi connectivity index (χ3v) is 3.80. The highest BCUT2D eigenvalue weighted by molar-refractivity contribution is 5.21. The lowest BCUT2D eigenvalue weighted by Gasteiger charge is -2.10. The summed E-state index contributed by atoms with van der Waals surface area (Å²) in [6, 6.07) is 0. The van der Waals surface area contributed by atoms with Crippen LogP contribution in [-0.2, 0) is 12.8 Å². The summed E-state index contributed by atoms with van der Waals surface area (Å²) in [7, 11) is 0. The highest BCUT2D eigenvalue weighted by Gasteiger charge is 2.21. The maximum atomic E-state index is 4.80. The van der Waals surface area contributed by atoms with Crippen LogP contribution in [-0.4, -0.2) is 23.1 Å². The van der Waals surface area contributed by atoms with E-state index in [-0.39, 0.29) is 0 Å². The standard InChI is InChI=1S/C13H19N3/c1-2-4-10(3-1)13-15-9-11-5-7-14-8-6-12(11)16-13/h9-10,14H,1-8H2. The summed E-state index contributed by atoms with van der Waals surface area (Å²) >= 11 is 0. The van der Waals surface area contributed by atoms with Gasteiger partial charge in [-0.15, -0.1) is 0 Å². The van der Waals surface area contributed by atoms with Gasteiger partial charge in [0, 0.05) is 30.8 Å². The average molecular weight is 217 g/mol. The van der Waals surface area contributed by atoms with Gasteiger partial charge >= 0.3 is 0 Å². The van der Waals surface area contributed by atoms with Gasteiger partial charge in [0.15, 0.2) is 0 Å². The Balaban J connectivity index is 1.88. The van der Waals surface area contributed by atoms with E-state index in [0.717, 1.165) is 31.8 Å². The molecule has 1 fully saturated rings. The van der Waals surface area contributed by atoms with Crippen LogP contribution in [0.15, 0.2) is 6.20 Å². The molecule has 2 aliphatic rings. The molecule has 0 aromatic carbocycles. The Kier molecular flexibility index (Phi) is 2.87. The van der Waals surface area contributed by atoms with Crippen LogP contribution in [0.4, 0.5) is 0 Å². The molecule has 16 heavy (non-hydrogen) atoms. The van der Waals surface area contributed by atoms with Gasteiger partial charge in [0.1, 0.15) is 5.82 Å². The first-order valence-corrected chi connectivity index (χ1v) is 6.49.